The molecule has 98 valence electrons. The first kappa shape index (κ1) is 13.6. The van der Waals surface area contributed by atoms with Crippen LogP contribution in [0.5, 0.6) is 0 Å². The van der Waals surface area contributed by atoms with Crippen molar-refractivity contribution in [2.45, 2.75) is 32.7 Å². The molecule has 0 fully saturated rings. The summed E-state index contributed by atoms with van der Waals surface area (Å²) in [5.41, 5.74) is 1.56. The van der Waals surface area contributed by atoms with Crippen LogP contribution in [0.1, 0.15) is 26.3 Å². The summed E-state index contributed by atoms with van der Waals surface area (Å²) in [5.74, 6) is -0.229. The molecule has 4 heteroatoms. The number of fused-ring (bicyclic) bond motifs is 1. The molecule has 0 amide bonds. The maximum Gasteiger partial charge on any atom is 0.151 e. The van der Waals surface area contributed by atoms with E-state index in [1.165, 1.54) is 6.07 Å². The highest BCUT2D eigenvalue weighted by Gasteiger charge is 2.14. The van der Waals surface area contributed by atoms with Gasteiger partial charge >= 0.3 is 0 Å². The molecule has 0 saturated heterocycles. The molecule has 2 nitrogen and oxygen atoms in total. The Hall–Kier alpha value is -0.870. The van der Waals surface area contributed by atoms with Gasteiger partial charge < -0.3 is 9.73 Å². The van der Waals surface area contributed by atoms with Crippen molar-refractivity contribution < 1.29 is 8.81 Å². The lowest BCUT2D eigenvalue weighted by molar-refractivity contribution is 0.429. The number of rotatable bonds is 3. The van der Waals surface area contributed by atoms with Gasteiger partial charge in [-0.2, -0.15) is 0 Å². The van der Waals surface area contributed by atoms with Gasteiger partial charge in [-0.1, -0.05) is 0 Å². The average Bonchev–Trinajstić information content (AvgIpc) is 2.67. The Balaban J connectivity index is 2.22. The van der Waals surface area contributed by atoms with Gasteiger partial charge in [0.2, 0.25) is 0 Å². The number of hydrogen-bond acceptors (Lipinski definition) is 2. The van der Waals surface area contributed by atoms with Crippen molar-refractivity contribution >= 4 is 26.9 Å². The standard InChI is InChI=1S/C14H17BrFNO/c1-14(2,3)17-7-6-9-8-18-13-10(15)4-5-11(16)12(9)13/h4-5,8,17H,6-7H2,1-3H3. The van der Waals surface area contributed by atoms with Crippen molar-refractivity contribution in [3.05, 3.63) is 34.2 Å². The van der Waals surface area contributed by atoms with Crippen molar-refractivity contribution in [1.82, 2.24) is 5.32 Å². The van der Waals surface area contributed by atoms with E-state index < -0.39 is 0 Å². The molecule has 0 radical (unpaired) electrons. The lowest BCUT2D eigenvalue weighted by Crippen LogP contribution is -2.37. The first-order valence-corrected chi connectivity index (χ1v) is 6.77. The highest BCUT2D eigenvalue weighted by Crippen LogP contribution is 2.30. The molecule has 0 aliphatic carbocycles. The van der Waals surface area contributed by atoms with Crippen LogP contribution >= 0.6 is 15.9 Å². The Morgan fingerprint density at radius 2 is 2.06 bits per heavy atom. The summed E-state index contributed by atoms with van der Waals surface area (Å²) < 4.78 is 20.0. The van der Waals surface area contributed by atoms with Gasteiger partial charge in [-0.25, -0.2) is 4.39 Å². The zero-order valence-electron chi connectivity index (χ0n) is 10.8. The maximum absolute atomic E-state index is 13.8. The van der Waals surface area contributed by atoms with Gasteiger partial charge in [-0.3, -0.25) is 0 Å². The smallest absolute Gasteiger partial charge is 0.151 e. The van der Waals surface area contributed by atoms with E-state index in [4.69, 9.17) is 4.42 Å². The SMILES string of the molecule is CC(C)(C)NCCc1coc2c(Br)ccc(F)c12. The van der Waals surface area contributed by atoms with Gasteiger partial charge in [0.05, 0.1) is 16.1 Å². The Labute approximate surface area is 115 Å². The Morgan fingerprint density at radius 3 is 2.72 bits per heavy atom. The zero-order valence-corrected chi connectivity index (χ0v) is 12.4. The highest BCUT2D eigenvalue weighted by atomic mass is 79.9. The third-order valence-electron chi connectivity index (χ3n) is 2.75. The van der Waals surface area contributed by atoms with Crippen molar-refractivity contribution in [3.8, 4) is 0 Å². The molecule has 1 aromatic carbocycles. The molecule has 0 bridgehead atoms. The molecule has 0 aliphatic rings. The summed E-state index contributed by atoms with van der Waals surface area (Å²) in [6.45, 7) is 7.12. The van der Waals surface area contributed by atoms with Crippen LogP contribution in [0.25, 0.3) is 11.0 Å². The number of benzene rings is 1. The highest BCUT2D eigenvalue weighted by molar-refractivity contribution is 9.10. The minimum Gasteiger partial charge on any atom is -0.463 e. The summed E-state index contributed by atoms with van der Waals surface area (Å²) >= 11 is 3.37. The molecule has 0 aliphatic heterocycles. The average molecular weight is 314 g/mol. The molecule has 1 aromatic heterocycles. The number of halogens is 2. The van der Waals surface area contributed by atoms with E-state index in [-0.39, 0.29) is 11.4 Å². The molecule has 2 aromatic rings. The maximum atomic E-state index is 13.8. The van der Waals surface area contributed by atoms with Gasteiger partial charge in [0.1, 0.15) is 5.82 Å². The second kappa shape index (κ2) is 5.02. The first-order chi connectivity index (χ1) is 8.38. The fourth-order valence-electron chi connectivity index (χ4n) is 1.89. The molecule has 1 N–H and O–H groups in total. The summed E-state index contributed by atoms with van der Waals surface area (Å²) in [6, 6.07) is 3.13. The van der Waals surface area contributed by atoms with E-state index in [1.807, 2.05) is 0 Å². The Morgan fingerprint density at radius 1 is 1.33 bits per heavy atom. The number of furan rings is 1. The second-order valence-corrected chi connectivity index (χ2v) is 6.28. The van der Waals surface area contributed by atoms with Gasteiger partial charge in [0, 0.05) is 11.1 Å². The van der Waals surface area contributed by atoms with Crippen LogP contribution < -0.4 is 5.32 Å². The molecule has 0 unspecified atom stereocenters. The molecular formula is C14H17BrFNO. The van der Waals surface area contributed by atoms with Crippen LogP contribution in [-0.4, -0.2) is 12.1 Å². The van der Waals surface area contributed by atoms with Gasteiger partial charge in [-0.15, -0.1) is 0 Å². The lowest BCUT2D eigenvalue weighted by Gasteiger charge is -2.20. The van der Waals surface area contributed by atoms with Crippen LogP contribution in [-0.2, 0) is 6.42 Å². The minimum atomic E-state index is -0.229. The fourth-order valence-corrected chi connectivity index (χ4v) is 2.32. The summed E-state index contributed by atoms with van der Waals surface area (Å²) in [6.07, 6.45) is 2.39. The normalized spacial score (nSPS) is 12.3. The second-order valence-electron chi connectivity index (χ2n) is 5.42. The van der Waals surface area contributed by atoms with Crippen LogP contribution in [0.3, 0.4) is 0 Å². The van der Waals surface area contributed by atoms with E-state index in [9.17, 15) is 4.39 Å². The third-order valence-corrected chi connectivity index (χ3v) is 3.37. The van der Waals surface area contributed by atoms with Gasteiger partial charge in [0.15, 0.2) is 5.58 Å². The fraction of sp³-hybridized carbons (Fsp3) is 0.429. The monoisotopic (exact) mass is 313 g/mol. The van der Waals surface area contributed by atoms with Crippen LogP contribution in [0.2, 0.25) is 0 Å². The molecule has 18 heavy (non-hydrogen) atoms. The predicted molar refractivity (Wildman–Crippen MR) is 75.3 cm³/mol. The van der Waals surface area contributed by atoms with Crippen molar-refractivity contribution in [3.63, 3.8) is 0 Å². The quantitative estimate of drug-likeness (QED) is 0.915. The summed E-state index contributed by atoms with van der Waals surface area (Å²) in [4.78, 5) is 0. The van der Waals surface area contributed by atoms with E-state index in [0.717, 1.165) is 23.0 Å². The number of hydrogen-bond donors (Lipinski definition) is 1. The Kier molecular flexibility index (Phi) is 3.78. The third kappa shape index (κ3) is 2.93. The summed E-state index contributed by atoms with van der Waals surface area (Å²) in [5, 5.41) is 3.97. The molecule has 1 heterocycles. The summed E-state index contributed by atoms with van der Waals surface area (Å²) in [7, 11) is 0. The van der Waals surface area contributed by atoms with Crippen LogP contribution in [0.15, 0.2) is 27.3 Å². The van der Waals surface area contributed by atoms with Crippen molar-refractivity contribution in [1.29, 1.82) is 0 Å². The van der Waals surface area contributed by atoms with Crippen LogP contribution in [0.4, 0.5) is 4.39 Å². The number of nitrogens with one attached hydrogen (secondary N) is 1. The Bertz CT molecular complexity index is 557. The molecular weight excluding hydrogens is 297 g/mol. The minimum absolute atomic E-state index is 0.0681. The molecule has 2 rings (SSSR count). The van der Waals surface area contributed by atoms with Gasteiger partial charge in [-0.05, 0) is 61.8 Å². The predicted octanol–water partition coefficient (Wildman–Crippen LogP) is 4.27. The van der Waals surface area contributed by atoms with E-state index >= 15 is 0 Å². The molecule has 0 spiro atoms. The van der Waals surface area contributed by atoms with Crippen molar-refractivity contribution in [2.24, 2.45) is 0 Å². The van der Waals surface area contributed by atoms with Crippen LogP contribution in [0, 0.1) is 5.82 Å². The van der Waals surface area contributed by atoms with E-state index in [1.54, 1.807) is 12.3 Å². The first-order valence-electron chi connectivity index (χ1n) is 5.97. The largest absolute Gasteiger partial charge is 0.463 e. The lowest BCUT2D eigenvalue weighted by atomic mass is 10.1. The van der Waals surface area contributed by atoms with Gasteiger partial charge in [0.25, 0.3) is 0 Å². The molecule has 0 atom stereocenters. The van der Waals surface area contributed by atoms with Crippen molar-refractivity contribution in [2.75, 3.05) is 6.54 Å². The van der Waals surface area contributed by atoms with E-state index in [2.05, 4.69) is 42.0 Å². The van der Waals surface area contributed by atoms with E-state index in [0.29, 0.717) is 11.0 Å². The molecule has 0 saturated carbocycles. The zero-order chi connectivity index (χ0) is 13.3. The topological polar surface area (TPSA) is 25.2 Å².